The van der Waals surface area contributed by atoms with Crippen LogP contribution in [0.25, 0.3) is 0 Å². The number of benzene rings is 1. The topological polar surface area (TPSA) is 72.9 Å². The number of rotatable bonds is 8. The summed E-state index contributed by atoms with van der Waals surface area (Å²) < 4.78 is 32.9. The van der Waals surface area contributed by atoms with Crippen LogP contribution in [-0.2, 0) is 26.2 Å². The molecular weight excluding hydrogens is 306 g/mol. The van der Waals surface area contributed by atoms with E-state index in [1.54, 1.807) is 23.1 Å². The Kier molecular flexibility index (Phi) is 6.83. The largest absolute Gasteiger partial charge is 0.382 e. The van der Waals surface area contributed by atoms with Crippen LogP contribution in [0.4, 0.5) is 0 Å². The highest BCUT2D eigenvalue weighted by molar-refractivity contribution is 7.87. The van der Waals surface area contributed by atoms with E-state index in [4.69, 9.17) is 8.92 Å². The number of carbonyl (C=O) groups excluding carboxylic acids is 1. The molecule has 0 radical (unpaired) electrons. The standard InChI is InChI=1S/C15H23NO5S/c1-5-22(18,19)21-14-8-6-7-13(9-14)10-16(12(2)3)15(17)11-20-4/h6-9,12H,5,10-11H2,1-4H3. The van der Waals surface area contributed by atoms with Gasteiger partial charge in [-0.1, -0.05) is 12.1 Å². The minimum absolute atomic E-state index is 0.00611. The van der Waals surface area contributed by atoms with Crippen LogP contribution in [0.2, 0.25) is 0 Å². The Morgan fingerprint density at radius 1 is 1.32 bits per heavy atom. The van der Waals surface area contributed by atoms with Gasteiger partial charge in [-0.3, -0.25) is 4.79 Å². The smallest absolute Gasteiger partial charge is 0.308 e. The molecule has 1 amide bonds. The lowest BCUT2D eigenvalue weighted by Crippen LogP contribution is -2.38. The van der Waals surface area contributed by atoms with Crippen molar-refractivity contribution in [2.24, 2.45) is 0 Å². The van der Waals surface area contributed by atoms with Crippen molar-refractivity contribution in [2.45, 2.75) is 33.4 Å². The van der Waals surface area contributed by atoms with Gasteiger partial charge in [0.15, 0.2) is 0 Å². The van der Waals surface area contributed by atoms with Gasteiger partial charge in [0.25, 0.3) is 0 Å². The van der Waals surface area contributed by atoms with Crippen LogP contribution in [-0.4, -0.2) is 44.7 Å². The van der Waals surface area contributed by atoms with Crippen LogP contribution in [0, 0.1) is 0 Å². The van der Waals surface area contributed by atoms with Gasteiger partial charge < -0.3 is 13.8 Å². The van der Waals surface area contributed by atoms with E-state index in [2.05, 4.69) is 0 Å². The molecule has 22 heavy (non-hydrogen) atoms. The molecule has 6 nitrogen and oxygen atoms in total. The van der Waals surface area contributed by atoms with Crippen LogP contribution in [0.15, 0.2) is 24.3 Å². The second-order valence-corrected chi connectivity index (χ2v) is 6.98. The SMILES string of the molecule is CCS(=O)(=O)Oc1cccc(CN(C(=O)COC)C(C)C)c1. The molecule has 7 heteroatoms. The lowest BCUT2D eigenvalue weighted by atomic mass is 10.2. The first-order valence-electron chi connectivity index (χ1n) is 7.08. The van der Waals surface area contributed by atoms with E-state index in [1.165, 1.54) is 14.0 Å². The van der Waals surface area contributed by atoms with Gasteiger partial charge in [0, 0.05) is 19.7 Å². The zero-order valence-electron chi connectivity index (χ0n) is 13.4. The predicted molar refractivity (Wildman–Crippen MR) is 84.1 cm³/mol. The van der Waals surface area contributed by atoms with Gasteiger partial charge in [-0.05, 0) is 38.5 Å². The average molecular weight is 329 g/mol. The van der Waals surface area contributed by atoms with Crippen molar-refractivity contribution in [1.82, 2.24) is 4.90 Å². The maximum absolute atomic E-state index is 12.0. The fourth-order valence-corrected chi connectivity index (χ4v) is 2.38. The summed E-state index contributed by atoms with van der Waals surface area (Å²) in [5.41, 5.74) is 0.793. The lowest BCUT2D eigenvalue weighted by Gasteiger charge is -2.26. The molecule has 0 N–H and O–H groups in total. The van der Waals surface area contributed by atoms with Crippen molar-refractivity contribution in [2.75, 3.05) is 19.5 Å². The van der Waals surface area contributed by atoms with Crippen LogP contribution in [0.5, 0.6) is 5.75 Å². The number of hydrogen-bond acceptors (Lipinski definition) is 5. The van der Waals surface area contributed by atoms with E-state index in [9.17, 15) is 13.2 Å². The second-order valence-electron chi connectivity index (χ2n) is 5.13. The highest BCUT2D eigenvalue weighted by Gasteiger charge is 2.17. The third kappa shape index (κ3) is 5.65. The van der Waals surface area contributed by atoms with E-state index in [0.29, 0.717) is 6.54 Å². The van der Waals surface area contributed by atoms with Crippen LogP contribution in [0.1, 0.15) is 26.3 Å². The zero-order valence-corrected chi connectivity index (χ0v) is 14.2. The number of methoxy groups -OCH3 is 1. The molecule has 1 aromatic rings. The van der Waals surface area contributed by atoms with E-state index >= 15 is 0 Å². The maximum atomic E-state index is 12.0. The molecule has 0 aromatic heterocycles. The molecule has 0 atom stereocenters. The monoisotopic (exact) mass is 329 g/mol. The summed E-state index contributed by atoms with van der Waals surface area (Å²) >= 11 is 0. The third-order valence-corrected chi connectivity index (χ3v) is 4.19. The summed E-state index contributed by atoms with van der Waals surface area (Å²) in [6, 6.07) is 6.73. The van der Waals surface area contributed by atoms with Crippen LogP contribution >= 0.6 is 0 Å². The van der Waals surface area contributed by atoms with Gasteiger partial charge in [-0.25, -0.2) is 0 Å². The van der Waals surface area contributed by atoms with Crippen molar-refractivity contribution in [3.8, 4) is 5.75 Å². The molecule has 0 saturated heterocycles. The van der Waals surface area contributed by atoms with E-state index in [1.807, 2.05) is 19.9 Å². The molecule has 0 aliphatic rings. The molecule has 0 aliphatic heterocycles. The van der Waals surface area contributed by atoms with Gasteiger partial charge in [0.05, 0.1) is 5.75 Å². The van der Waals surface area contributed by atoms with Crippen molar-refractivity contribution >= 4 is 16.0 Å². The van der Waals surface area contributed by atoms with Crippen molar-refractivity contribution < 1.29 is 22.1 Å². The summed E-state index contributed by atoms with van der Waals surface area (Å²) in [6.07, 6.45) is 0. The Balaban J connectivity index is 2.90. The Hall–Kier alpha value is -1.60. The highest BCUT2D eigenvalue weighted by atomic mass is 32.2. The molecule has 0 spiro atoms. The molecule has 1 rings (SSSR count). The van der Waals surface area contributed by atoms with E-state index < -0.39 is 10.1 Å². The summed E-state index contributed by atoms with van der Waals surface area (Å²) in [5, 5.41) is 0. The molecule has 0 saturated carbocycles. The average Bonchev–Trinajstić information content (AvgIpc) is 2.44. The Morgan fingerprint density at radius 3 is 2.55 bits per heavy atom. The minimum atomic E-state index is -3.56. The number of hydrogen-bond donors (Lipinski definition) is 0. The Labute approximate surface area is 132 Å². The number of amides is 1. The summed E-state index contributed by atoms with van der Waals surface area (Å²) in [6.45, 7) is 5.72. The van der Waals surface area contributed by atoms with Gasteiger partial charge >= 0.3 is 10.1 Å². The van der Waals surface area contributed by atoms with Crippen LogP contribution < -0.4 is 4.18 Å². The fourth-order valence-electron chi connectivity index (χ4n) is 1.86. The summed E-state index contributed by atoms with van der Waals surface area (Å²) in [5.74, 6) is 0.0361. The van der Waals surface area contributed by atoms with Gasteiger partial charge in [0.1, 0.15) is 12.4 Å². The fraction of sp³-hybridized carbons (Fsp3) is 0.533. The van der Waals surface area contributed by atoms with Crippen molar-refractivity contribution in [3.05, 3.63) is 29.8 Å². The third-order valence-electron chi connectivity index (χ3n) is 3.04. The molecule has 0 fully saturated rings. The quantitative estimate of drug-likeness (QED) is 0.680. The number of ether oxygens (including phenoxy) is 1. The molecule has 0 heterocycles. The first kappa shape index (κ1) is 18.4. The Morgan fingerprint density at radius 2 is 2.00 bits per heavy atom. The summed E-state index contributed by atoms with van der Waals surface area (Å²) in [4.78, 5) is 13.7. The predicted octanol–water partition coefficient (Wildman–Crippen LogP) is 1.80. The molecular formula is C15H23NO5S. The van der Waals surface area contributed by atoms with Gasteiger partial charge in [-0.2, -0.15) is 8.42 Å². The van der Waals surface area contributed by atoms with Crippen LogP contribution in [0.3, 0.4) is 0 Å². The molecule has 0 unspecified atom stereocenters. The molecule has 124 valence electrons. The highest BCUT2D eigenvalue weighted by Crippen LogP contribution is 2.18. The van der Waals surface area contributed by atoms with Crippen molar-refractivity contribution in [1.29, 1.82) is 0 Å². The first-order chi connectivity index (χ1) is 10.3. The molecule has 0 aliphatic carbocycles. The second kappa shape index (κ2) is 8.14. The van der Waals surface area contributed by atoms with Gasteiger partial charge in [-0.15, -0.1) is 0 Å². The van der Waals surface area contributed by atoms with E-state index in [0.717, 1.165) is 5.56 Å². The van der Waals surface area contributed by atoms with E-state index in [-0.39, 0.29) is 30.1 Å². The first-order valence-corrected chi connectivity index (χ1v) is 8.66. The summed E-state index contributed by atoms with van der Waals surface area (Å²) in [7, 11) is -2.09. The number of carbonyl (C=O) groups is 1. The Bertz CT molecular complexity index is 598. The molecule has 0 bridgehead atoms. The maximum Gasteiger partial charge on any atom is 0.308 e. The van der Waals surface area contributed by atoms with Crippen molar-refractivity contribution in [3.63, 3.8) is 0 Å². The lowest BCUT2D eigenvalue weighted by molar-refractivity contribution is -0.137. The number of nitrogens with zero attached hydrogens (tertiary/aromatic N) is 1. The normalized spacial score (nSPS) is 11.5. The molecule has 1 aromatic carbocycles. The zero-order chi connectivity index (χ0) is 16.8. The minimum Gasteiger partial charge on any atom is -0.382 e. The van der Waals surface area contributed by atoms with Gasteiger partial charge in [0.2, 0.25) is 5.91 Å².